The van der Waals surface area contributed by atoms with Crippen molar-refractivity contribution in [1.29, 1.82) is 0 Å². The van der Waals surface area contributed by atoms with E-state index < -0.39 is 27.6 Å². The molecule has 0 fully saturated rings. The van der Waals surface area contributed by atoms with Crippen molar-refractivity contribution >= 4 is 33.1 Å². The number of anilines is 1. The molecule has 0 radical (unpaired) electrons. The first-order valence-electron chi connectivity index (χ1n) is 7.85. The number of aromatic hydroxyl groups is 1. The third kappa shape index (κ3) is 4.15. The number of hydrogen-bond acceptors (Lipinski definition) is 7. The highest BCUT2D eigenvalue weighted by molar-refractivity contribution is 7.92. The van der Waals surface area contributed by atoms with E-state index in [1.165, 1.54) is 12.1 Å². The van der Waals surface area contributed by atoms with Crippen LogP contribution < -0.4 is 4.72 Å². The topological polar surface area (TPSA) is 146 Å². The molecule has 2 aromatic carbocycles. The summed E-state index contributed by atoms with van der Waals surface area (Å²) in [6.07, 6.45) is 0.985. The van der Waals surface area contributed by atoms with Crippen molar-refractivity contribution in [2.75, 3.05) is 11.0 Å². The van der Waals surface area contributed by atoms with Gasteiger partial charge in [0.15, 0.2) is 5.69 Å². The molecule has 3 rings (SSSR count). The Balaban J connectivity index is 2.06. The summed E-state index contributed by atoms with van der Waals surface area (Å²) in [5.41, 5.74) is -0.135. The minimum Gasteiger partial charge on any atom is -0.492 e. The number of carboxylic acid groups (broad SMARTS) is 1. The second-order valence-electron chi connectivity index (χ2n) is 5.66. The summed E-state index contributed by atoms with van der Waals surface area (Å²) >= 11 is 0. The highest BCUT2D eigenvalue weighted by Crippen LogP contribution is 2.35. The van der Waals surface area contributed by atoms with E-state index in [2.05, 4.69) is 20.0 Å². The van der Waals surface area contributed by atoms with Crippen LogP contribution in [0.2, 0.25) is 0 Å². The Bertz CT molecular complexity index is 1160. The first-order chi connectivity index (χ1) is 13.3. The number of rotatable bonds is 6. The summed E-state index contributed by atoms with van der Waals surface area (Å²) < 4.78 is 26.3. The molecule has 0 saturated heterocycles. The van der Waals surface area contributed by atoms with Crippen LogP contribution in [-0.2, 0) is 10.0 Å². The Hall–Kier alpha value is -3.73. The Morgan fingerprint density at radius 1 is 1.07 bits per heavy atom. The fourth-order valence-electron chi connectivity index (χ4n) is 2.34. The second-order valence-corrected chi connectivity index (χ2v) is 7.41. The predicted molar refractivity (Wildman–Crippen MR) is 101 cm³/mol. The number of carbonyl (C=O) groups is 1. The lowest BCUT2D eigenvalue weighted by Crippen LogP contribution is -2.09. The third-order valence-corrected chi connectivity index (χ3v) is 4.09. The van der Waals surface area contributed by atoms with E-state index in [-0.39, 0.29) is 17.1 Å². The molecule has 0 aliphatic heterocycles. The molecule has 1 aromatic heterocycles. The summed E-state index contributed by atoms with van der Waals surface area (Å²) in [5.74, 6) is -1.91. The molecule has 0 bridgehead atoms. The molecule has 28 heavy (non-hydrogen) atoms. The highest BCUT2D eigenvalue weighted by atomic mass is 32.2. The van der Waals surface area contributed by atoms with Gasteiger partial charge in [-0.05, 0) is 24.3 Å². The molecule has 0 atom stereocenters. The standard InChI is InChI=1S/C17H15N5O5S/c1-28(26,27)21-13-10-6-5-9-12(13)18-19-14-15(17(24)25)20-22(16(14)23)11-7-3-2-4-8-11/h2-10,21,23H,1H3,(H,24,25). The summed E-state index contributed by atoms with van der Waals surface area (Å²) in [4.78, 5) is 11.5. The van der Waals surface area contributed by atoms with Crippen molar-refractivity contribution in [1.82, 2.24) is 9.78 Å². The summed E-state index contributed by atoms with van der Waals surface area (Å²) in [7, 11) is -3.56. The number of azo groups is 1. The van der Waals surface area contributed by atoms with Crippen molar-refractivity contribution in [2.24, 2.45) is 10.2 Å². The molecular weight excluding hydrogens is 386 g/mol. The quantitative estimate of drug-likeness (QED) is 0.541. The molecule has 0 spiro atoms. The molecular formula is C17H15N5O5S. The van der Waals surface area contributed by atoms with Crippen molar-refractivity contribution in [3.63, 3.8) is 0 Å². The molecule has 11 heteroatoms. The number of hydrogen-bond donors (Lipinski definition) is 3. The summed E-state index contributed by atoms with van der Waals surface area (Å²) in [6, 6.07) is 14.6. The Morgan fingerprint density at radius 2 is 1.71 bits per heavy atom. The largest absolute Gasteiger partial charge is 0.492 e. The number of nitrogens with zero attached hydrogens (tertiary/aromatic N) is 4. The molecule has 0 unspecified atom stereocenters. The van der Waals surface area contributed by atoms with Crippen LogP contribution in [-0.4, -0.2) is 40.6 Å². The smallest absolute Gasteiger partial charge is 0.358 e. The van der Waals surface area contributed by atoms with E-state index in [9.17, 15) is 23.4 Å². The predicted octanol–water partition coefficient (Wildman–Crippen LogP) is 3.06. The molecule has 1 heterocycles. The lowest BCUT2D eigenvalue weighted by molar-refractivity contribution is 0.0690. The molecule has 0 aliphatic rings. The van der Waals surface area contributed by atoms with Crippen LogP contribution in [0, 0.1) is 0 Å². The average Bonchev–Trinajstić information content (AvgIpc) is 2.97. The van der Waals surface area contributed by atoms with Crippen molar-refractivity contribution in [3.8, 4) is 11.6 Å². The minimum atomic E-state index is -3.56. The molecule has 3 N–H and O–H groups in total. The van der Waals surface area contributed by atoms with Crippen molar-refractivity contribution < 1.29 is 23.4 Å². The Labute approximate surface area is 159 Å². The van der Waals surface area contributed by atoms with E-state index in [1.807, 2.05) is 0 Å². The molecule has 0 aliphatic carbocycles. The number of benzene rings is 2. The third-order valence-electron chi connectivity index (χ3n) is 3.50. The van der Waals surface area contributed by atoms with Crippen LogP contribution in [0.5, 0.6) is 5.88 Å². The van der Waals surface area contributed by atoms with Crippen LogP contribution >= 0.6 is 0 Å². The number of nitrogens with one attached hydrogen (secondary N) is 1. The Morgan fingerprint density at radius 3 is 2.36 bits per heavy atom. The molecule has 10 nitrogen and oxygen atoms in total. The maximum absolute atomic E-state index is 11.5. The zero-order valence-corrected chi connectivity index (χ0v) is 15.3. The van der Waals surface area contributed by atoms with E-state index >= 15 is 0 Å². The van der Waals surface area contributed by atoms with Gasteiger partial charge in [-0.15, -0.1) is 10.2 Å². The van der Waals surface area contributed by atoms with Crippen LogP contribution in [0.4, 0.5) is 17.1 Å². The van der Waals surface area contributed by atoms with E-state index in [0.29, 0.717) is 5.69 Å². The monoisotopic (exact) mass is 401 g/mol. The van der Waals surface area contributed by atoms with Crippen LogP contribution in [0.15, 0.2) is 64.8 Å². The molecule has 3 aromatic rings. The van der Waals surface area contributed by atoms with Crippen molar-refractivity contribution in [3.05, 3.63) is 60.3 Å². The second kappa shape index (κ2) is 7.48. The maximum Gasteiger partial charge on any atom is 0.358 e. The fraction of sp³-hybridized carbons (Fsp3) is 0.0588. The van der Waals surface area contributed by atoms with E-state index in [0.717, 1.165) is 10.9 Å². The summed E-state index contributed by atoms with van der Waals surface area (Å²) in [6.45, 7) is 0. The molecule has 0 saturated carbocycles. The van der Waals surface area contributed by atoms with Crippen LogP contribution in [0.3, 0.4) is 0 Å². The summed E-state index contributed by atoms with van der Waals surface area (Å²) in [5, 5.41) is 31.4. The lowest BCUT2D eigenvalue weighted by Gasteiger charge is -2.05. The average molecular weight is 401 g/mol. The van der Waals surface area contributed by atoms with Gasteiger partial charge in [0, 0.05) is 0 Å². The first kappa shape index (κ1) is 19.0. The number of carboxylic acids is 1. The Kier molecular flexibility index (Phi) is 5.09. The van der Waals surface area contributed by atoms with Gasteiger partial charge >= 0.3 is 5.97 Å². The van der Waals surface area contributed by atoms with E-state index in [1.54, 1.807) is 42.5 Å². The van der Waals surface area contributed by atoms with Gasteiger partial charge in [-0.25, -0.2) is 13.2 Å². The molecule has 144 valence electrons. The zero-order chi connectivity index (χ0) is 20.3. The van der Waals surface area contributed by atoms with Crippen molar-refractivity contribution in [2.45, 2.75) is 0 Å². The lowest BCUT2D eigenvalue weighted by atomic mass is 10.3. The first-order valence-corrected chi connectivity index (χ1v) is 9.74. The normalized spacial score (nSPS) is 11.6. The zero-order valence-electron chi connectivity index (χ0n) is 14.5. The van der Waals surface area contributed by atoms with Gasteiger partial charge < -0.3 is 10.2 Å². The van der Waals surface area contributed by atoms with Crippen LogP contribution in [0.1, 0.15) is 10.5 Å². The van der Waals surface area contributed by atoms with E-state index in [4.69, 9.17) is 0 Å². The van der Waals surface area contributed by atoms with Gasteiger partial charge in [-0.3, -0.25) is 4.72 Å². The maximum atomic E-state index is 11.5. The van der Waals surface area contributed by atoms with Gasteiger partial charge in [0.2, 0.25) is 21.6 Å². The molecule has 0 amide bonds. The van der Waals surface area contributed by atoms with Gasteiger partial charge in [-0.1, -0.05) is 30.3 Å². The van der Waals surface area contributed by atoms with Gasteiger partial charge in [0.1, 0.15) is 5.69 Å². The SMILES string of the molecule is CS(=O)(=O)Nc1ccccc1N=Nc1c(C(=O)O)nn(-c2ccccc2)c1O. The fourth-order valence-corrected chi connectivity index (χ4v) is 2.91. The number of sulfonamides is 1. The van der Waals surface area contributed by atoms with Gasteiger partial charge in [-0.2, -0.15) is 9.78 Å². The van der Waals surface area contributed by atoms with Crippen LogP contribution in [0.25, 0.3) is 5.69 Å². The highest BCUT2D eigenvalue weighted by Gasteiger charge is 2.23. The number of aromatic carboxylic acids is 1. The number of aromatic nitrogens is 2. The van der Waals surface area contributed by atoms with Gasteiger partial charge in [0.05, 0.1) is 17.6 Å². The number of para-hydroxylation sites is 2. The van der Waals surface area contributed by atoms with Gasteiger partial charge in [0.25, 0.3) is 0 Å². The minimum absolute atomic E-state index is 0.135.